The summed E-state index contributed by atoms with van der Waals surface area (Å²) in [6.07, 6.45) is 0.246. The van der Waals surface area contributed by atoms with Crippen LogP contribution in [0.3, 0.4) is 0 Å². The van der Waals surface area contributed by atoms with Gasteiger partial charge in [-0.15, -0.1) is 0 Å². The van der Waals surface area contributed by atoms with Crippen molar-refractivity contribution in [3.05, 3.63) is 0 Å². The third kappa shape index (κ3) is 15.6. The molecule has 0 unspecified atom stereocenters. The Morgan fingerprint density at radius 3 is 1.90 bits per heavy atom. The molecule has 2 heteroatoms. The van der Waals surface area contributed by atoms with Gasteiger partial charge >= 0.3 is 0 Å². The minimum atomic E-state index is 0.246. The number of hydrogen-bond donors (Lipinski definition) is 1. The fourth-order valence-electron chi connectivity index (χ4n) is 0.292. The zero-order valence-corrected chi connectivity index (χ0v) is 7.69. The lowest BCUT2D eigenvalue weighted by Crippen LogP contribution is -2.09. The summed E-state index contributed by atoms with van der Waals surface area (Å²) in [7, 11) is 0. The average Bonchev–Trinajstić information content (AvgIpc) is 1.89. The average molecular weight is 145 g/mol. The molecule has 10 heavy (non-hydrogen) atoms. The molecule has 0 amide bonds. The van der Waals surface area contributed by atoms with Gasteiger partial charge in [0.05, 0.1) is 12.7 Å². The lowest BCUT2D eigenvalue weighted by Gasteiger charge is -2.04. The van der Waals surface area contributed by atoms with Crippen LogP contribution in [0.15, 0.2) is 0 Å². The molecule has 0 aliphatic rings. The van der Waals surface area contributed by atoms with Crippen molar-refractivity contribution in [2.24, 2.45) is 0 Å². The highest BCUT2D eigenvalue weighted by Gasteiger charge is 1.91. The number of nitrogens with one attached hydrogen (secondary N) is 1. The van der Waals surface area contributed by atoms with Gasteiger partial charge in [-0.25, -0.2) is 0 Å². The molecule has 0 aliphatic carbocycles. The molecule has 0 rings (SSSR count). The van der Waals surface area contributed by atoms with Crippen molar-refractivity contribution in [3.8, 4) is 0 Å². The highest BCUT2D eigenvalue weighted by Crippen LogP contribution is 1.86. The minimum absolute atomic E-state index is 0.246. The summed E-state index contributed by atoms with van der Waals surface area (Å²) >= 11 is 0. The number of ether oxygens (including phenoxy) is 1. The molecule has 0 aromatic carbocycles. The van der Waals surface area contributed by atoms with Crippen LogP contribution in [0.5, 0.6) is 0 Å². The van der Waals surface area contributed by atoms with Crippen molar-refractivity contribution in [2.75, 3.05) is 6.61 Å². The Hall–Kier alpha value is -0.370. The van der Waals surface area contributed by atoms with E-state index in [4.69, 9.17) is 10.1 Å². The summed E-state index contributed by atoms with van der Waals surface area (Å²) in [5.74, 6) is 0. The van der Waals surface area contributed by atoms with E-state index in [9.17, 15) is 0 Å². The zero-order valence-electron chi connectivity index (χ0n) is 7.69. The fourth-order valence-corrected chi connectivity index (χ4v) is 0.292. The maximum absolute atomic E-state index is 6.96. The molecule has 0 aromatic heterocycles. The van der Waals surface area contributed by atoms with E-state index in [-0.39, 0.29) is 6.10 Å². The van der Waals surface area contributed by atoms with Gasteiger partial charge in [-0.1, -0.05) is 13.8 Å². The molecule has 0 aliphatic heterocycles. The van der Waals surface area contributed by atoms with Gasteiger partial charge in [-0.2, -0.15) is 0 Å². The largest absolute Gasteiger partial charge is 0.373 e. The Morgan fingerprint density at radius 1 is 1.40 bits per heavy atom. The molecule has 0 saturated heterocycles. The Labute approximate surface area is 64.1 Å². The van der Waals surface area contributed by atoms with E-state index in [2.05, 4.69) is 0 Å². The van der Waals surface area contributed by atoms with Gasteiger partial charge in [-0.05, 0) is 20.8 Å². The van der Waals surface area contributed by atoms with Crippen molar-refractivity contribution in [2.45, 2.75) is 40.7 Å². The van der Waals surface area contributed by atoms with Crippen molar-refractivity contribution in [1.82, 2.24) is 0 Å². The minimum Gasteiger partial charge on any atom is -0.373 e. The maximum Gasteiger partial charge on any atom is 0.0842 e. The Kier molecular flexibility index (Phi) is 10.6. The van der Waals surface area contributed by atoms with Gasteiger partial charge < -0.3 is 10.1 Å². The topological polar surface area (TPSA) is 33.1 Å². The molecule has 2 nitrogen and oxygen atoms in total. The molecule has 0 bridgehead atoms. The Morgan fingerprint density at radius 2 is 1.80 bits per heavy atom. The molecular formula is C8H19NO. The van der Waals surface area contributed by atoms with Crippen LogP contribution < -0.4 is 0 Å². The van der Waals surface area contributed by atoms with Crippen molar-refractivity contribution in [1.29, 1.82) is 5.41 Å². The number of rotatable bonds is 3. The molecule has 0 atom stereocenters. The first-order valence-electron chi connectivity index (χ1n) is 3.78. The molecule has 0 aromatic rings. The summed E-state index contributed by atoms with van der Waals surface area (Å²) in [4.78, 5) is 0. The lowest BCUT2D eigenvalue weighted by atomic mass is 10.4. The predicted octanol–water partition coefficient (Wildman–Crippen LogP) is 2.48. The normalized spacial score (nSPS) is 8.60. The van der Waals surface area contributed by atoms with E-state index in [1.807, 2.05) is 27.7 Å². The second kappa shape index (κ2) is 8.63. The smallest absolute Gasteiger partial charge is 0.0842 e. The summed E-state index contributed by atoms with van der Waals surface area (Å²) in [5, 5.41) is 6.96. The standard InChI is InChI=1S/C6H13NO.C2H6/c1-5(2)8-4-6(3)7;1-2/h5,7H,4H2,1-3H3;1-2H3. The van der Waals surface area contributed by atoms with Crippen LogP contribution in [0.4, 0.5) is 0 Å². The van der Waals surface area contributed by atoms with Crippen LogP contribution in [-0.2, 0) is 4.74 Å². The molecule has 0 radical (unpaired) electrons. The lowest BCUT2D eigenvalue weighted by molar-refractivity contribution is 0.110. The van der Waals surface area contributed by atoms with E-state index < -0.39 is 0 Å². The monoisotopic (exact) mass is 145 g/mol. The first-order valence-corrected chi connectivity index (χ1v) is 3.78. The van der Waals surface area contributed by atoms with Gasteiger partial charge in [0, 0.05) is 5.71 Å². The van der Waals surface area contributed by atoms with Crippen molar-refractivity contribution < 1.29 is 4.74 Å². The first kappa shape index (κ1) is 12.3. The van der Waals surface area contributed by atoms with Crippen LogP contribution in [0.1, 0.15) is 34.6 Å². The highest BCUT2D eigenvalue weighted by molar-refractivity contribution is 5.79. The van der Waals surface area contributed by atoms with E-state index in [0.29, 0.717) is 12.3 Å². The van der Waals surface area contributed by atoms with E-state index in [1.165, 1.54) is 0 Å². The molecule has 62 valence electrons. The molecule has 0 saturated carbocycles. The predicted molar refractivity (Wildman–Crippen MR) is 45.8 cm³/mol. The summed E-state index contributed by atoms with van der Waals surface area (Å²) in [6.45, 7) is 10.1. The summed E-state index contributed by atoms with van der Waals surface area (Å²) in [6, 6.07) is 0. The zero-order chi connectivity index (χ0) is 8.57. The third-order valence-electron chi connectivity index (χ3n) is 0.633. The molecule has 0 fully saturated rings. The van der Waals surface area contributed by atoms with Crippen molar-refractivity contribution in [3.63, 3.8) is 0 Å². The van der Waals surface area contributed by atoms with Crippen LogP contribution in [-0.4, -0.2) is 18.4 Å². The summed E-state index contributed by atoms with van der Waals surface area (Å²) < 4.78 is 5.08. The van der Waals surface area contributed by atoms with Crippen LogP contribution >= 0.6 is 0 Å². The van der Waals surface area contributed by atoms with Crippen molar-refractivity contribution >= 4 is 5.71 Å². The van der Waals surface area contributed by atoms with Gasteiger partial charge in [0.1, 0.15) is 0 Å². The number of hydrogen-bond acceptors (Lipinski definition) is 2. The van der Waals surface area contributed by atoms with Gasteiger partial charge in [0.2, 0.25) is 0 Å². The van der Waals surface area contributed by atoms with Crippen LogP contribution in [0.25, 0.3) is 0 Å². The van der Waals surface area contributed by atoms with Crippen LogP contribution in [0, 0.1) is 5.41 Å². The SMILES string of the molecule is CC.CC(=N)COC(C)C. The molecule has 0 spiro atoms. The fraction of sp³-hybridized carbons (Fsp3) is 0.875. The molecule has 1 N–H and O–H groups in total. The van der Waals surface area contributed by atoms with E-state index in [0.717, 1.165) is 0 Å². The van der Waals surface area contributed by atoms with Gasteiger partial charge in [0.25, 0.3) is 0 Å². The highest BCUT2D eigenvalue weighted by atomic mass is 16.5. The second-order valence-corrected chi connectivity index (χ2v) is 2.14. The second-order valence-electron chi connectivity index (χ2n) is 2.14. The van der Waals surface area contributed by atoms with Crippen LogP contribution in [0.2, 0.25) is 0 Å². The van der Waals surface area contributed by atoms with E-state index in [1.54, 1.807) is 6.92 Å². The maximum atomic E-state index is 6.96. The van der Waals surface area contributed by atoms with Gasteiger partial charge in [0.15, 0.2) is 0 Å². The quantitative estimate of drug-likeness (QED) is 0.608. The molecule has 0 heterocycles. The molecular weight excluding hydrogens is 126 g/mol. The first-order chi connectivity index (χ1) is 4.63. The Bertz CT molecular complexity index is 79.3. The summed E-state index contributed by atoms with van der Waals surface area (Å²) in [5.41, 5.74) is 0.582. The Balaban J connectivity index is 0. The van der Waals surface area contributed by atoms with E-state index >= 15 is 0 Å². The third-order valence-corrected chi connectivity index (χ3v) is 0.633. The van der Waals surface area contributed by atoms with Gasteiger partial charge in [-0.3, -0.25) is 0 Å².